The van der Waals surface area contributed by atoms with Crippen LogP contribution in [-0.2, 0) is 9.59 Å². The fourth-order valence-corrected chi connectivity index (χ4v) is 3.65. The number of aliphatic hydroxyl groups excluding tert-OH is 1. The number of nitrogens with two attached hydrogens (primary N) is 1. The molecule has 2 aliphatic carbocycles. The molecule has 2 bridgehead atoms. The minimum absolute atomic E-state index is 0.229. The maximum atomic E-state index is 12.1. The molecular formula is C11H18N2O3. The minimum atomic E-state index is -1.23. The van der Waals surface area contributed by atoms with Crippen LogP contribution in [0.5, 0.6) is 0 Å². The standard InChI is InChI=1S/C11H18N2O3/c1-9(2)10(3)4-5-11(9,8(16)13-12)7(15)6(10)14/h7,15H,4-5,12H2,1-3H3,(H,13,16). The largest absolute Gasteiger partial charge is 0.384 e. The van der Waals surface area contributed by atoms with Crippen LogP contribution in [0.3, 0.4) is 0 Å². The first kappa shape index (κ1) is 11.5. The Balaban J connectivity index is 2.63. The molecule has 2 rings (SSSR count). The van der Waals surface area contributed by atoms with Gasteiger partial charge in [-0.3, -0.25) is 15.0 Å². The number of nitrogens with one attached hydrogen (secondary N) is 1. The summed E-state index contributed by atoms with van der Waals surface area (Å²) in [6.45, 7) is 5.56. The molecule has 0 radical (unpaired) electrons. The highest BCUT2D eigenvalue weighted by Gasteiger charge is 2.77. The fourth-order valence-electron chi connectivity index (χ4n) is 3.65. The van der Waals surface area contributed by atoms with Crippen LogP contribution >= 0.6 is 0 Å². The quantitative estimate of drug-likeness (QED) is 0.326. The number of aliphatic hydroxyl groups is 1. The predicted molar refractivity (Wildman–Crippen MR) is 56.9 cm³/mol. The van der Waals surface area contributed by atoms with Crippen LogP contribution < -0.4 is 11.3 Å². The number of rotatable bonds is 1. The van der Waals surface area contributed by atoms with Gasteiger partial charge < -0.3 is 5.11 Å². The van der Waals surface area contributed by atoms with Crippen LogP contribution in [0.25, 0.3) is 0 Å². The van der Waals surface area contributed by atoms with Gasteiger partial charge in [-0.15, -0.1) is 0 Å². The molecule has 5 heteroatoms. The van der Waals surface area contributed by atoms with Crippen molar-refractivity contribution >= 4 is 11.7 Å². The van der Waals surface area contributed by atoms with Crippen LogP contribution in [0.1, 0.15) is 33.6 Å². The third kappa shape index (κ3) is 0.822. The molecule has 0 aliphatic heterocycles. The van der Waals surface area contributed by atoms with Gasteiger partial charge in [-0.05, 0) is 18.3 Å². The number of hydrogen-bond acceptors (Lipinski definition) is 4. The van der Waals surface area contributed by atoms with Gasteiger partial charge >= 0.3 is 0 Å². The molecular weight excluding hydrogens is 208 g/mol. The van der Waals surface area contributed by atoms with Gasteiger partial charge in [-0.1, -0.05) is 20.8 Å². The van der Waals surface area contributed by atoms with E-state index in [1.165, 1.54) is 0 Å². The molecule has 0 aromatic carbocycles. The summed E-state index contributed by atoms with van der Waals surface area (Å²) >= 11 is 0. The van der Waals surface area contributed by atoms with Crippen molar-refractivity contribution in [1.82, 2.24) is 5.43 Å². The number of Topliss-reactive ketones (excluding diaryl/α,β-unsaturated/α-hetero) is 1. The van der Waals surface area contributed by atoms with E-state index in [9.17, 15) is 14.7 Å². The molecule has 4 N–H and O–H groups in total. The van der Waals surface area contributed by atoms with E-state index < -0.39 is 28.3 Å². The van der Waals surface area contributed by atoms with Crippen molar-refractivity contribution in [2.75, 3.05) is 0 Å². The maximum Gasteiger partial charge on any atom is 0.243 e. The second kappa shape index (κ2) is 2.84. The molecule has 0 spiro atoms. The molecule has 1 amide bonds. The first-order valence-electron chi connectivity index (χ1n) is 5.49. The Hall–Kier alpha value is -0.940. The monoisotopic (exact) mass is 226 g/mol. The molecule has 0 aromatic rings. The van der Waals surface area contributed by atoms with Crippen molar-refractivity contribution in [1.29, 1.82) is 0 Å². The zero-order chi connectivity index (χ0) is 12.4. The summed E-state index contributed by atoms with van der Waals surface area (Å²) in [6.07, 6.45) is -0.0970. The van der Waals surface area contributed by atoms with E-state index in [1.807, 2.05) is 20.8 Å². The molecule has 3 atom stereocenters. The van der Waals surface area contributed by atoms with E-state index in [4.69, 9.17) is 5.84 Å². The van der Waals surface area contributed by atoms with Gasteiger partial charge in [0, 0.05) is 5.41 Å². The molecule has 0 aromatic heterocycles. The van der Waals surface area contributed by atoms with E-state index >= 15 is 0 Å². The highest BCUT2D eigenvalue weighted by atomic mass is 16.3. The topological polar surface area (TPSA) is 92.4 Å². The molecule has 0 heterocycles. The summed E-state index contributed by atoms with van der Waals surface area (Å²) in [5, 5.41) is 10.1. The zero-order valence-electron chi connectivity index (χ0n) is 9.83. The van der Waals surface area contributed by atoms with Crippen LogP contribution in [0, 0.1) is 16.2 Å². The first-order valence-corrected chi connectivity index (χ1v) is 5.49. The molecule has 0 saturated heterocycles. The fraction of sp³-hybridized carbons (Fsp3) is 0.818. The van der Waals surface area contributed by atoms with E-state index in [-0.39, 0.29) is 5.78 Å². The lowest BCUT2D eigenvalue weighted by molar-refractivity contribution is -0.148. The Morgan fingerprint density at radius 2 is 2.00 bits per heavy atom. The van der Waals surface area contributed by atoms with Crippen LogP contribution in [0.2, 0.25) is 0 Å². The molecule has 5 nitrogen and oxygen atoms in total. The van der Waals surface area contributed by atoms with Crippen molar-refractivity contribution in [3.05, 3.63) is 0 Å². The highest BCUT2D eigenvalue weighted by Crippen LogP contribution is 2.70. The number of hydrazine groups is 1. The Morgan fingerprint density at radius 1 is 1.44 bits per heavy atom. The molecule has 16 heavy (non-hydrogen) atoms. The van der Waals surface area contributed by atoms with Crippen molar-refractivity contribution in [3.8, 4) is 0 Å². The number of carbonyl (C=O) groups excluding carboxylic acids is 2. The summed E-state index contributed by atoms with van der Waals surface area (Å²) in [5.74, 6) is 4.52. The summed E-state index contributed by atoms with van der Waals surface area (Å²) in [4.78, 5) is 24.0. The van der Waals surface area contributed by atoms with Crippen molar-refractivity contribution in [2.24, 2.45) is 22.1 Å². The van der Waals surface area contributed by atoms with Gasteiger partial charge in [0.15, 0.2) is 5.78 Å². The zero-order valence-corrected chi connectivity index (χ0v) is 9.83. The number of hydrogen-bond donors (Lipinski definition) is 3. The van der Waals surface area contributed by atoms with Crippen molar-refractivity contribution < 1.29 is 14.7 Å². The van der Waals surface area contributed by atoms with Gasteiger partial charge in [0.05, 0.1) is 5.41 Å². The van der Waals surface area contributed by atoms with Gasteiger partial charge in [0.25, 0.3) is 0 Å². The van der Waals surface area contributed by atoms with Gasteiger partial charge in [-0.2, -0.15) is 0 Å². The Morgan fingerprint density at radius 3 is 2.38 bits per heavy atom. The van der Waals surface area contributed by atoms with Gasteiger partial charge in [0.2, 0.25) is 5.91 Å². The van der Waals surface area contributed by atoms with E-state index in [1.54, 1.807) is 0 Å². The molecule has 2 aliphatic rings. The Labute approximate surface area is 94.4 Å². The summed E-state index contributed by atoms with van der Waals surface area (Å²) < 4.78 is 0. The average molecular weight is 226 g/mol. The van der Waals surface area contributed by atoms with E-state index in [0.717, 1.165) is 0 Å². The second-order valence-corrected chi connectivity index (χ2v) is 5.67. The van der Waals surface area contributed by atoms with Gasteiger partial charge in [0.1, 0.15) is 6.10 Å². The van der Waals surface area contributed by atoms with Crippen LogP contribution in [0.4, 0.5) is 0 Å². The number of fused-ring (bicyclic) bond motifs is 2. The first-order chi connectivity index (χ1) is 7.25. The lowest BCUT2D eigenvalue weighted by atomic mass is 9.64. The van der Waals surface area contributed by atoms with Crippen LogP contribution in [0.15, 0.2) is 0 Å². The summed E-state index contributed by atoms with van der Waals surface area (Å²) in [5.41, 5.74) is -0.159. The van der Waals surface area contributed by atoms with Crippen LogP contribution in [-0.4, -0.2) is 22.9 Å². The normalized spacial score (nSPS) is 44.8. The molecule has 3 unspecified atom stereocenters. The maximum absolute atomic E-state index is 12.1. The third-order valence-corrected chi connectivity index (χ3v) is 5.31. The lowest BCUT2D eigenvalue weighted by Crippen LogP contribution is -2.54. The highest BCUT2D eigenvalue weighted by molar-refractivity contribution is 6.02. The minimum Gasteiger partial charge on any atom is -0.384 e. The third-order valence-electron chi connectivity index (χ3n) is 5.31. The Bertz CT molecular complexity index is 379. The molecule has 90 valence electrons. The SMILES string of the molecule is CC12CCC(C(=O)NN)(C(O)C1=O)C2(C)C. The second-order valence-electron chi connectivity index (χ2n) is 5.67. The predicted octanol–water partition coefficient (Wildman–Crippen LogP) is -0.267. The summed E-state index contributed by atoms with van der Waals surface area (Å²) in [6, 6.07) is 0. The van der Waals surface area contributed by atoms with Crippen molar-refractivity contribution in [3.63, 3.8) is 0 Å². The lowest BCUT2D eigenvalue weighted by Gasteiger charge is -2.38. The Kier molecular flexibility index (Phi) is 2.05. The molecule has 2 fully saturated rings. The van der Waals surface area contributed by atoms with Crippen molar-refractivity contribution in [2.45, 2.75) is 39.7 Å². The average Bonchev–Trinajstić information content (AvgIpc) is 2.51. The molecule has 2 saturated carbocycles. The summed E-state index contributed by atoms with van der Waals surface area (Å²) in [7, 11) is 0. The number of amides is 1. The number of carbonyl (C=O) groups is 2. The van der Waals surface area contributed by atoms with E-state index in [2.05, 4.69) is 5.43 Å². The van der Waals surface area contributed by atoms with Gasteiger partial charge in [-0.25, -0.2) is 5.84 Å². The number of ketones is 1. The smallest absolute Gasteiger partial charge is 0.243 e. The van der Waals surface area contributed by atoms with E-state index in [0.29, 0.717) is 12.8 Å².